The van der Waals surface area contributed by atoms with Crippen molar-refractivity contribution in [3.8, 4) is 0 Å². The van der Waals surface area contributed by atoms with E-state index in [0.29, 0.717) is 13.2 Å². The van der Waals surface area contributed by atoms with E-state index in [0.717, 1.165) is 25.8 Å². The lowest BCUT2D eigenvalue weighted by Gasteiger charge is -2.22. The van der Waals surface area contributed by atoms with Crippen LogP contribution in [-0.4, -0.2) is 31.6 Å². The van der Waals surface area contributed by atoms with Crippen molar-refractivity contribution < 1.29 is 9.53 Å². The lowest BCUT2D eigenvalue weighted by Crippen LogP contribution is -2.46. The van der Waals surface area contributed by atoms with Crippen LogP contribution in [0.3, 0.4) is 0 Å². The first kappa shape index (κ1) is 18.9. The first-order valence-electron chi connectivity index (χ1n) is 7.95. The zero-order valence-corrected chi connectivity index (χ0v) is 14.0. The molecule has 1 aromatic rings. The quantitative estimate of drug-likeness (QED) is 0.758. The number of hydrogen-bond acceptors (Lipinski definition) is 3. The molecule has 0 radical (unpaired) electrons. The molecule has 124 valence electrons. The Hall–Kier alpha value is -1.10. The van der Waals surface area contributed by atoms with Crippen molar-refractivity contribution >= 4 is 18.3 Å². The number of rotatable bonds is 7. The molecule has 1 fully saturated rings. The molecule has 1 aliphatic rings. The van der Waals surface area contributed by atoms with Gasteiger partial charge in [0, 0.05) is 13.2 Å². The molecule has 0 aromatic heterocycles. The Morgan fingerprint density at radius 2 is 2.14 bits per heavy atom. The molecule has 0 bridgehead atoms. The maximum Gasteiger partial charge on any atom is 0.237 e. The Labute approximate surface area is 139 Å². The molecule has 0 aliphatic carbocycles. The molecule has 0 spiro atoms. The molecule has 4 nitrogen and oxygen atoms in total. The third-order valence-electron chi connectivity index (χ3n) is 3.88. The summed E-state index contributed by atoms with van der Waals surface area (Å²) >= 11 is 0. The summed E-state index contributed by atoms with van der Waals surface area (Å²) in [5.41, 5.74) is 1.19. The van der Waals surface area contributed by atoms with Gasteiger partial charge in [-0.1, -0.05) is 36.8 Å². The van der Waals surface area contributed by atoms with E-state index in [9.17, 15) is 4.79 Å². The van der Waals surface area contributed by atoms with Crippen molar-refractivity contribution in [2.24, 2.45) is 0 Å². The number of nitrogens with one attached hydrogen (secondary N) is 2. The standard InChI is InChI=1S/C17H26N2O2.ClH/c1-14(15-8-3-2-4-9-15)21-13-7-12-19-17(20)16-10-5-6-11-18-16;/h2-4,8-9,14,16,18H,5-7,10-13H2,1H3,(H,19,20);1H. The summed E-state index contributed by atoms with van der Waals surface area (Å²) < 4.78 is 5.79. The number of carbonyl (C=O) groups excluding carboxylic acids is 1. The van der Waals surface area contributed by atoms with Gasteiger partial charge in [0.2, 0.25) is 5.91 Å². The highest BCUT2D eigenvalue weighted by Crippen LogP contribution is 2.15. The van der Waals surface area contributed by atoms with Crippen molar-refractivity contribution in [2.45, 2.75) is 44.8 Å². The fourth-order valence-electron chi connectivity index (χ4n) is 2.56. The molecule has 0 saturated carbocycles. The second-order valence-electron chi connectivity index (χ2n) is 5.57. The van der Waals surface area contributed by atoms with E-state index >= 15 is 0 Å². The molecule has 2 atom stereocenters. The average molecular weight is 327 g/mol. The number of ether oxygens (including phenoxy) is 1. The number of hydrogen-bond donors (Lipinski definition) is 2. The van der Waals surface area contributed by atoms with Gasteiger partial charge in [-0.3, -0.25) is 4.79 Å². The zero-order chi connectivity index (χ0) is 14.9. The fraction of sp³-hybridized carbons (Fsp3) is 0.588. The first-order valence-corrected chi connectivity index (χ1v) is 7.95. The minimum atomic E-state index is 0. The molecular weight excluding hydrogens is 300 g/mol. The van der Waals surface area contributed by atoms with Crippen LogP contribution in [0.1, 0.15) is 44.3 Å². The van der Waals surface area contributed by atoms with Crippen LogP contribution >= 0.6 is 12.4 Å². The van der Waals surface area contributed by atoms with Crippen LogP contribution in [0.4, 0.5) is 0 Å². The molecule has 1 aliphatic heterocycles. The number of carbonyl (C=O) groups is 1. The van der Waals surface area contributed by atoms with Crippen LogP contribution in [0.5, 0.6) is 0 Å². The number of piperidine rings is 1. The smallest absolute Gasteiger partial charge is 0.237 e. The van der Waals surface area contributed by atoms with E-state index in [1.165, 1.54) is 12.0 Å². The van der Waals surface area contributed by atoms with E-state index in [1.54, 1.807) is 0 Å². The van der Waals surface area contributed by atoms with Gasteiger partial charge in [0.05, 0.1) is 12.1 Å². The van der Waals surface area contributed by atoms with Gasteiger partial charge in [-0.05, 0) is 38.3 Å². The predicted octanol–water partition coefficient (Wildman–Crippen LogP) is 2.83. The van der Waals surface area contributed by atoms with Crippen LogP contribution in [0.2, 0.25) is 0 Å². The van der Waals surface area contributed by atoms with Gasteiger partial charge in [-0.2, -0.15) is 0 Å². The Morgan fingerprint density at radius 1 is 1.36 bits per heavy atom. The normalized spacial score (nSPS) is 19.0. The molecule has 2 unspecified atom stereocenters. The van der Waals surface area contributed by atoms with Crippen LogP contribution < -0.4 is 10.6 Å². The topological polar surface area (TPSA) is 50.4 Å². The third-order valence-corrected chi connectivity index (χ3v) is 3.88. The minimum absolute atomic E-state index is 0. The first-order chi connectivity index (χ1) is 10.3. The van der Waals surface area contributed by atoms with Gasteiger partial charge in [0.25, 0.3) is 0 Å². The summed E-state index contributed by atoms with van der Waals surface area (Å²) in [5, 5.41) is 6.24. The van der Waals surface area contributed by atoms with E-state index in [2.05, 4.69) is 29.7 Å². The maximum atomic E-state index is 11.9. The average Bonchev–Trinajstić information content (AvgIpc) is 2.55. The molecule has 1 amide bonds. The van der Waals surface area contributed by atoms with Crippen molar-refractivity contribution in [2.75, 3.05) is 19.7 Å². The van der Waals surface area contributed by atoms with Crippen molar-refractivity contribution in [3.05, 3.63) is 35.9 Å². The number of amides is 1. The van der Waals surface area contributed by atoms with Crippen LogP contribution in [0, 0.1) is 0 Å². The summed E-state index contributed by atoms with van der Waals surface area (Å²) in [6.45, 7) is 4.35. The van der Waals surface area contributed by atoms with Gasteiger partial charge in [-0.25, -0.2) is 0 Å². The van der Waals surface area contributed by atoms with Gasteiger partial charge in [0.1, 0.15) is 0 Å². The lowest BCUT2D eigenvalue weighted by molar-refractivity contribution is -0.123. The third kappa shape index (κ3) is 6.34. The Balaban J connectivity index is 0.00000242. The highest BCUT2D eigenvalue weighted by molar-refractivity contribution is 5.85. The monoisotopic (exact) mass is 326 g/mol. The summed E-state index contributed by atoms with van der Waals surface area (Å²) in [5.74, 6) is 0.130. The van der Waals surface area contributed by atoms with Gasteiger partial charge in [0.15, 0.2) is 0 Å². The Morgan fingerprint density at radius 3 is 2.82 bits per heavy atom. The molecule has 2 N–H and O–H groups in total. The van der Waals surface area contributed by atoms with Crippen molar-refractivity contribution in [3.63, 3.8) is 0 Å². The molecule has 2 rings (SSSR count). The minimum Gasteiger partial charge on any atom is -0.374 e. The highest BCUT2D eigenvalue weighted by atomic mass is 35.5. The lowest BCUT2D eigenvalue weighted by atomic mass is 10.0. The predicted molar refractivity (Wildman–Crippen MR) is 91.3 cm³/mol. The van der Waals surface area contributed by atoms with E-state index in [1.807, 2.05) is 18.2 Å². The van der Waals surface area contributed by atoms with Crippen LogP contribution in [0.25, 0.3) is 0 Å². The van der Waals surface area contributed by atoms with Crippen LogP contribution in [-0.2, 0) is 9.53 Å². The molecule has 1 aromatic carbocycles. The second-order valence-corrected chi connectivity index (χ2v) is 5.57. The molecular formula is C17H27ClN2O2. The fourth-order valence-corrected chi connectivity index (χ4v) is 2.56. The molecule has 1 saturated heterocycles. The summed E-state index contributed by atoms with van der Waals surface area (Å²) in [6.07, 6.45) is 4.21. The van der Waals surface area contributed by atoms with E-state index < -0.39 is 0 Å². The zero-order valence-electron chi connectivity index (χ0n) is 13.2. The van der Waals surface area contributed by atoms with Crippen LogP contribution in [0.15, 0.2) is 30.3 Å². The second kappa shape index (κ2) is 10.6. The number of benzene rings is 1. The highest BCUT2D eigenvalue weighted by Gasteiger charge is 2.19. The molecule has 1 heterocycles. The SMILES string of the molecule is CC(OCCCNC(=O)C1CCCCN1)c1ccccc1.Cl. The Kier molecular flexibility index (Phi) is 9.13. The summed E-state index contributed by atoms with van der Waals surface area (Å²) in [7, 11) is 0. The molecule has 22 heavy (non-hydrogen) atoms. The summed E-state index contributed by atoms with van der Waals surface area (Å²) in [6, 6.07) is 10.2. The van der Waals surface area contributed by atoms with Gasteiger partial charge < -0.3 is 15.4 Å². The Bertz CT molecular complexity index is 422. The molecule has 5 heteroatoms. The van der Waals surface area contributed by atoms with Gasteiger partial charge in [-0.15, -0.1) is 12.4 Å². The summed E-state index contributed by atoms with van der Waals surface area (Å²) in [4.78, 5) is 11.9. The van der Waals surface area contributed by atoms with Crippen molar-refractivity contribution in [1.29, 1.82) is 0 Å². The maximum absolute atomic E-state index is 11.9. The van der Waals surface area contributed by atoms with Gasteiger partial charge >= 0.3 is 0 Å². The van der Waals surface area contributed by atoms with Crippen molar-refractivity contribution in [1.82, 2.24) is 10.6 Å². The largest absolute Gasteiger partial charge is 0.374 e. The van der Waals surface area contributed by atoms with E-state index in [4.69, 9.17) is 4.74 Å². The number of halogens is 1. The van der Waals surface area contributed by atoms with E-state index in [-0.39, 0.29) is 30.5 Å².